The molecule has 1 aliphatic heterocycles. The Kier molecular flexibility index (Phi) is 16.8. The zero-order valence-electron chi connectivity index (χ0n) is 27.7. The SMILES string of the molecule is OCCN(CCO)c1ccc(/C=C/C2=CCCC=[N+]2CCSSCC[n+]2ccccc2/C=C/c2ccc(N(CCO)CCO)cc2)cc1. The molecule has 0 spiro atoms. The molecule has 0 saturated carbocycles. The number of aliphatic hydroxyl groups is 4. The second-order valence-electron chi connectivity index (χ2n) is 11.3. The van der Waals surface area contributed by atoms with Crippen LogP contribution in [0.2, 0.25) is 0 Å². The molecule has 1 aliphatic rings. The van der Waals surface area contributed by atoms with Crippen LogP contribution in [0.1, 0.15) is 29.7 Å². The molecule has 2 heterocycles. The minimum Gasteiger partial charge on any atom is -0.395 e. The summed E-state index contributed by atoms with van der Waals surface area (Å²) in [4.78, 5) is 3.96. The number of aryl methyl sites for hydroxylation is 1. The van der Waals surface area contributed by atoms with Crippen LogP contribution in [-0.4, -0.2) is 102 Å². The van der Waals surface area contributed by atoms with Gasteiger partial charge in [0.25, 0.3) is 0 Å². The van der Waals surface area contributed by atoms with Gasteiger partial charge in [-0.3, -0.25) is 0 Å². The summed E-state index contributed by atoms with van der Waals surface area (Å²) in [5.74, 6) is 2.04. The minimum absolute atomic E-state index is 0.0531. The van der Waals surface area contributed by atoms with Crippen LogP contribution in [0.4, 0.5) is 11.4 Å². The molecular formula is C38H50N4O4S2+2. The summed E-state index contributed by atoms with van der Waals surface area (Å²) in [6, 6.07) is 22.7. The molecule has 0 amide bonds. The highest BCUT2D eigenvalue weighted by Gasteiger charge is 2.14. The number of hydrogen-bond acceptors (Lipinski definition) is 8. The summed E-state index contributed by atoms with van der Waals surface area (Å²) < 4.78 is 4.65. The van der Waals surface area contributed by atoms with Gasteiger partial charge >= 0.3 is 0 Å². The number of benzene rings is 2. The first kappa shape index (κ1) is 37.4. The van der Waals surface area contributed by atoms with E-state index in [0.717, 1.165) is 65.6 Å². The third kappa shape index (κ3) is 12.3. The van der Waals surface area contributed by atoms with Gasteiger partial charge in [-0.25, -0.2) is 4.58 Å². The van der Waals surface area contributed by atoms with E-state index in [9.17, 15) is 20.4 Å². The van der Waals surface area contributed by atoms with E-state index < -0.39 is 0 Å². The fourth-order valence-electron chi connectivity index (χ4n) is 5.48. The number of aliphatic hydroxyl groups excluding tert-OH is 4. The summed E-state index contributed by atoms with van der Waals surface area (Å²) in [6.07, 6.45) is 17.5. The third-order valence-electron chi connectivity index (χ3n) is 7.98. The molecule has 4 rings (SSSR count). The Morgan fingerprint density at radius 3 is 1.71 bits per heavy atom. The van der Waals surface area contributed by atoms with E-state index in [2.05, 4.69) is 94.4 Å². The predicted molar refractivity (Wildman–Crippen MR) is 204 cm³/mol. The quantitative estimate of drug-likeness (QED) is 0.0734. The van der Waals surface area contributed by atoms with Crippen LogP contribution in [0.3, 0.4) is 0 Å². The monoisotopic (exact) mass is 690 g/mol. The predicted octanol–water partition coefficient (Wildman–Crippen LogP) is 4.58. The lowest BCUT2D eigenvalue weighted by Gasteiger charge is -2.22. The van der Waals surface area contributed by atoms with E-state index in [1.807, 2.05) is 55.7 Å². The number of allylic oxidation sites excluding steroid dienone is 2. The van der Waals surface area contributed by atoms with Crippen molar-refractivity contribution in [3.63, 3.8) is 0 Å². The molecule has 4 N–H and O–H groups in total. The van der Waals surface area contributed by atoms with Crippen LogP contribution >= 0.6 is 21.6 Å². The first-order valence-corrected chi connectivity index (χ1v) is 19.2. The Bertz CT molecular complexity index is 1480. The Balaban J connectivity index is 1.22. The molecule has 48 heavy (non-hydrogen) atoms. The van der Waals surface area contributed by atoms with Gasteiger partial charge in [0.2, 0.25) is 11.4 Å². The van der Waals surface area contributed by atoms with Gasteiger partial charge in [-0.05, 0) is 66.1 Å². The van der Waals surface area contributed by atoms with Gasteiger partial charge in [-0.15, -0.1) is 0 Å². The van der Waals surface area contributed by atoms with Crippen molar-refractivity contribution >= 4 is 57.4 Å². The molecular weight excluding hydrogens is 641 g/mol. The normalized spacial score (nSPS) is 13.2. The van der Waals surface area contributed by atoms with E-state index in [1.54, 1.807) is 0 Å². The fourth-order valence-corrected chi connectivity index (χ4v) is 7.41. The molecule has 0 aliphatic carbocycles. The van der Waals surface area contributed by atoms with Gasteiger partial charge in [-0.1, -0.05) is 45.9 Å². The maximum absolute atomic E-state index is 9.32. The molecule has 3 aromatic rings. The van der Waals surface area contributed by atoms with Crippen LogP contribution in [0.25, 0.3) is 18.2 Å². The smallest absolute Gasteiger partial charge is 0.205 e. The summed E-state index contributed by atoms with van der Waals surface area (Å²) in [5.41, 5.74) is 6.60. The van der Waals surface area contributed by atoms with E-state index in [-0.39, 0.29) is 26.4 Å². The highest BCUT2D eigenvalue weighted by Crippen LogP contribution is 2.22. The second-order valence-corrected chi connectivity index (χ2v) is 14.0. The van der Waals surface area contributed by atoms with Gasteiger partial charge in [0.15, 0.2) is 19.3 Å². The number of pyridine rings is 1. The molecule has 10 heteroatoms. The molecule has 0 saturated heterocycles. The van der Waals surface area contributed by atoms with Crippen LogP contribution in [0.5, 0.6) is 0 Å². The standard InChI is InChI=1S/C38H50N4O4S2/c43-27-21-41(22-28-44)37-15-9-33(10-16-37)7-13-35-5-1-3-19-39(35)25-31-47-48-32-26-40-20-4-2-6-36(40)14-8-34-11-17-38(18-12-34)42(23-29-45)24-30-46/h1,3,5-20,43-46H,2,4,21-32H2/q+2/b14-8+. The topological polar surface area (TPSA) is 94.3 Å². The Hall–Kier alpha value is -3.38. The third-order valence-corrected chi connectivity index (χ3v) is 10.3. The number of nitrogens with zero attached hydrogens (tertiary/aromatic N) is 4. The van der Waals surface area contributed by atoms with Crippen LogP contribution in [0.15, 0.2) is 90.8 Å². The van der Waals surface area contributed by atoms with E-state index in [1.165, 1.54) is 5.70 Å². The average Bonchev–Trinajstić information content (AvgIpc) is 3.12. The lowest BCUT2D eigenvalue weighted by atomic mass is 10.1. The van der Waals surface area contributed by atoms with Crippen molar-refractivity contribution in [1.29, 1.82) is 0 Å². The van der Waals surface area contributed by atoms with Crippen LogP contribution in [0, 0.1) is 0 Å². The molecule has 0 atom stereocenters. The summed E-state index contributed by atoms with van der Waals surface area (Å²) >= 11 is 0. The van der Waals surface area contributed by atoms with Crippen LogP contribution in [-0.2, 0) is 6.54 Å². The average molecular weight is 691 g/mol. The maximum atomic E-state index is 9.32. The van der Waals surface area contributed by atoms with Crippen molar-refractivity contribution in [2.24, 2.45) is 0 Å². The number of rotatable bonds is 21. The number of anilines is 2. The largest absolute Gasteiger partial charge is 0.395 e. The van der Waals surface area contributed by atoms with Crippen molar-refractivity contribution in [2.75, 3.05) is 80.5 Å². The first-order chi connectivity index (χ1) is 23.6. The molecule has 1 aromatic heterocycles. The number of aromatic nitrogens is 1. The second kappa shape index (κ2) is 21.6. The molecule has 0 bridgehead atoms. The first-order valence-electron chi connectivity index (χ1n) is 16.7. The highest BCUT2D eigenvalue weighted by molar-refractivity contribution is 8.76. The molecule has 8 nitrogen and oxygen atoms in total. The van der Waals surface area contributed by atoms with Gasteiger partial charge in [0.1, 0.15) is 6.21 Å². The van der Waals surface area contributed by atoms with Gasteiger partial charge < -0.3 is 30.2 Å². The summed E-state index contributed by atoms with van der Waals surface area (Å²) in [6.45, 7) is 4.12. The van der Waals surface area contributed by atoms with Crippen molar-refractivity contribution in [3.8, 4) is 0 Å². The fraction of sp³-hybridized carbons (Fsp3) is 0.368. The summed E-state index contributed by atoms with van der Waals surface area (Å²) in [5, 5.41) is 37.3. The molecule has 0 unspecified atom stereocenters. The zero-order chi connectivity index (χ0) is 33.8. The lowest BCUT2D eigenvalue weighted by molar-refractivity contribution is -0.694. The minimum atomic E-state index is 0.0531. The van der Waals surface area contributed by atoms with E-state index >= 15 is 0 Å². The highest BCUT2D eigenvalue weighted by atomic mass is 33.1. The van der Waals surface area contributed by atoms with Crippen molar-refractivity contribution in [3.05, 3.63) is 108 Å². The Labute approximate surface area is 293 Å². The Morgan fingerprint density at radius 1 is 0.604 bits per heavy atom. The van der Waals surface area contributed by atoms with E-state index in [0.29, 0.717) is 26.2 Å². The Morgan fingerprint density at radius 2 is 1.15 bits per heavy atom. The van der Waals surface area contributed by atoms with E-state index in [4.69, 9.17) is 0 Å². The van der Waals surface area contributed by atoms with Crippen LogP contribution < -0.4 is 14.4 Å². The maximum Gasteiger partial charge on any atom is 0.205 e. The van der Waals surface area contributed by atoms with Gasteiger partial charge in [0, 0.05) is 68.3 Å². The summed E-state index contributed by atoms with van der Waals surface area (Å²) in [7, 11) is 3.83. The molecule has 0 fully saturated rings. The number of hydrogen-bond donors (Lipinski definition) is 4. The van der Waals surface area contributed by atoms with Crippen molar-refractivity contribution in [2.45, 2.75) is 19.4 Å². The lowest BCUT2D eigenvalue weighted by Crippen LogP contribution is -2.37. The zero-order valence-corrected chi connectivity index (χ0v) is 29.3. The van der Waals surface area contributed by atoms with Gasteiger partial charge in [0.05, 0.1) is 37.9 Å². The molecule has 0 radical (unpaired) electrons. The molecule has 2 aromatic carbocycles. The van der Waals surface area contributed by atoms with Gasteiger partial charge in [-0.2, -0.15) is 4.57 Å². The molecule has 256 valence electrons. The van der Waals surface area contributed by atoms with Crippen molar-refractivity contribution in [1.82, 2.24) is 0 Å². The van der Waals surface area contributed by atoms with Crippen molar-refractivity contribution < 1.29 is 29.6 Å².